The molecule has 20 heavy (non-hydrogen) atoms. The molecule has 0 unspecified atom stereocenters. The molecule has 2 N–H and O–H groups in total. The van der Waals surface area contributed by atoms with Crippen molar-refractivity contribution >= 4 is 11.4 Å². The summed E-state index contributed by atoms with van der Waals surface area (Å²) in [5, 5.41) is 8.08. The first-order valence-electron chi connectivity index (χ1n) is 6.92. The SMILES string of the molecule is CCCOc1cc(N2CCn3cnnc3C2)ccc1N. The van der Waals surface area contributed by atoms with Gasteiger partial charge in [-0.1, -0.05) is 6.92 Å². The number of rotatable bonds is 4. The maximum Gasteiger partial charge on any atom is 0.152 e. The van der Waals surface area contributed by atoms with Crippen molar-refractivity contribution in [2.75, 3.05) is 23.8 Å². The van der Waals surface area contributed by atoms with Crippen molar-refractivity contribution in [2.45, 2.75) is 26.4 Å². The predicted molar refractivity (Wildman–Crippen MR) is 77.7 cm³/mol. The van der Waals surface area contributed by atoms with E-state index in [4.69, 9.17) is 10.5 Å². The molecule has 0 spiro atoms. The molecule has 0 radical (unpaired) electrons. The molecule has 1 aliphatic rings. The maximum atomic E-state index is 5.95. The Hall–Kier alpha value is -2.24. The second-order valence-electron chi connectivity index (χ2n) is 4.93. The number of nitrogens with zero attached hydrogens (tertiary/aromatic N) is 4. The van der Waals surface area contributed by atoms with Crippen molar-refractivity contribution in [3.05, 3.63) is 30.4 Å². The Balaban J connectivity index is 1.80. The minimum atomic E-state index is 0.683. The van der Waals surface area contributed by atoms with Gasteiger partial charge >= 0.3 is 0 Å². The van der Waals surface area contributed by atoms with E-state index in [-0.39, 0.29) is 0 Å². The highest BCUT2D eigenvalue weighted by Crippen LogP contribution is 2.29. The van der Waals surface area contributed by atoms with E-state index in [1.807, 2.05) is 18.2 Å². The summed E-state index contributed by atoms with van der Waals surface area (Å²) in [6.45, 7) is 5.36. The van der Waals surface area contributed by atoms with Gasteiger partial charge in [-0.3, -0.25) is 0 Å². The molecule has 6 nitrogen and oxygen atoms in total. The zero-order valence-electron chi connectivity index (χ0n) is 11.6. The van der Waals surface area contributed by atoms with Crippen molar-refractivity contribution in [3.8, 4) is 5.75 Å². The minimum absolute atomic E-state index is 0.683. The molecular weight excluding hydrogens is 254 g/mol. The molecule has 2 heterocycles. The molecule has 0 aliphatic carbocycles. The summed E-state index contributed by atoms with van der Waals surface area (Å²) in [4.78, 5) is 2.27. The number of aromatic nitrogens is 3. The third kappa shape index (κ3) is 2.41. The largest absolute Gasteiger partial charge is 0.491 e. The van der Waals surface area contributed by atoms with E-state index in [1.165, 1.54) is 0 Å². The smallest absolute Gasteiger partial charge is 0.152 e. The molecule has 0 atom stereocenters. The minimum Gasteiger partial charge on any atom is -0.491 e. The highest BCUT2D eigenvalue weighted by molar-refractivity contribution is 5.62. The summed E-state index contributed by atoms with van der Waals surface area (Å²) in [7, 11) is 0. The molecule has 1 aromatic carbocycles. The van der Waals surface area contributed by atoms with Crippen molar-refractivity contribution in [3.63, 3.8) is 0 Å². The quantitative estimate of drug-likeness (QED) is 0.858. The zero-order valence-corrected chi connectivity index (χ0v) is 11.6. The van der Waals surface area contributed by atoms with Gasteiger partial charge in [0.25, 0.3) is 0 Å². The van der Waals surface area contributed by atoms with Crippen molar-refractivity contribution < 1.29 is 4.74 Å². The Morgan fingerprint density at radius 3 is 3.10 bits per heavy atom. The van der Waals surface area contributed by atoms with Crippen LogP contribution >= 0.6 is 0 Å². The summed E-state index contributed by atoms with van der Waals surface area (Å²) >= 11 is 0. The van der Waals surface area contributed by atoms with Crippen LogP contribution in [0.15, 0.2) is 24.5 Å². The van der Waals surface area contributed by atoms with Gasteiger partial charge in [-0.05, 0) is 18.6 Å². The summed E-state index contributed by atoms with van der Waals surface area (Å²) in [6, 6.07) is 5.94. The third-order valence-electron chi connectivity index (χ3n) is 3.46. The van der Waals surface area contributed by atoms with E-state index in [0.29, 0.717) is 12.3 Å². The standard InChI is InChI=1S/C14H19N5O/c1-2-7-20-13-8-11(3-4-12(13)15)18-5-6-19-10-16-17-14(19)9-18/h3-4,8,10H,2,5-7,9,15H2,1H3. The highest BCUT2D eigenvalue weighted by atomic mass is 16.5. The van der Waals surface area contributed by atoms with Gasteiger partial charge in [-0.15, -0.1) is 10.2 Å². The second-order valence-corrected chi connectivity index (χ2v) is 4.93. The van der Waals surface area contributed by atoms with Crippen LogP contribution < -0.4 is 15.4 Å². The average molecular weight is 273 g/mol. The number of hydrogen-bond acceptors (Lipinski definition) is 5. The number of nitrogen functional groups attached to an aromatic ring is 1. The van der Waals surface area contributed by atoms with Crippen LogP contribution in [0.2, 0.25) is 0 Å². The Bertz CT molecular complexity index is 595. The number of nitrogens with two attached hydrogens (primary N) is 1. The van der Waals surface area contributed by atoms with E-state index in [2.05, 4.69) is 26.6 Å². The van der Waals surface area contributed by atoms with Gasteiger partial charge in [0.05, 0.1) is 18.8 Å². The molecule has 3 rings (SSSR count). The molecule has 6 heteroatoms. The lowest BCUT2D eigenvalue weighted by molar-refractivity contribution is 0.319. The number of anilines is 2. The lowest BCUT2D eigenvalue weighted by Crippen LogP contribution is -2.33. The van der Waals surface area contributed by atoms with Crippen molar-refractivity contribution in [2.24, 2.45) is 0 Å². The summed E-state index contributed by atoms with van der Waals surface area (Å²) < 4.78 is 7.77. The van der Waals surface area contributed by atoms with Crippen LogP contribution in [0.3, 0.4) is 0 Å². The third-order valence-corrected chi connectivity index (χ3v) is 3.46. The van der Waals surface area contributed by atoms with E-state index in [0.717, 1.165) is 43.3 Å². The van der Waals surface area contributed by atoms with Gasteiger partial charge in [-0.25, -0.2) is 0 Å². The average Bonchev–Trinajstić information content (AvgIpc) is 2.94. The zero-order chi connectivity index (χ0) is 13.9. The van der Waals surface area contributed by atoms with Crippen molar-refractivity contribution in [1.29, 1.82) is 0 Å². The fourth-order valence-electron chi connectivity index (χ4n) is 2.34. The number of benzene rings is 1. The normalized spacial score (nSPS) is 14.2. The lowest BCUT2D eigenvalue weighted by atomic mass is 10.2. The van der Waals surface area contributed by atoms with E-state index < -0.39 is 0 Å². The van der Waals surface area contributed by atoms with Crippen LogP contribution in [0, 0.1) is 0 Å². The molecule has 1 aromatic heterocycles. The Morgan fingerprint density at radius 1 is 1.35 bits per heavy atom. The topological polar surface area (TPSA) is 69.2 Å². The fourth-order valence-corrected chi connectivity index (χ4v) is 2.34. The van der Waals surface area contributed by atoms with Crippen LogP contribution in [-0.2, 0) is 13.1 Å². The van der Waals surface area contributed by atoms with Crippen LogP contribution in [0.1, 0.15) is 19.2 Å². The van der Waals surface area contributed by atoms with Crippen LogP contribution in [0.4, 0.5) is 11.4 Å². The molecule has 1 aliphatic heterocycles. The Morgan fingerprint density at radius 2 is 2.25 bits per heavy atom. The van der Waals surface area contributed by atoms with Crippen LogP contribution in [0.25, 0.3) is 0 Å². The highest BCUT2D eigenvalue weighted by Gasteiger charge is 2.18. The first-order valence-corrected chi connectivity index (χ1v) is 6.92. The van der Waals surface area contributed by atoms with Crippen molar-refractivity contribution in [1.82, 2.24) is 14.8 Å². The van der Waals surface area contributed by atoms with E-state index in [9.17, 15) is 0 Å². The molecule has 106 valence electrons. The van der Waals surface area contributed by atoms with E-state index >= 15 is 0 Å². The van der Waals surface area contributed by atoms with E-state index in [1.54, 1.807) is 6.33 Å². The Labute approximate surface area is 118 Å². The van der Waals surface area contributed by atoms with Crippen LogP contribution in [0.5, 0.6) is 5.75 Å². The first kappa shape index (κ1) is 12.8. The first-order chi connectivity index (χ1) is 9.78. The van der Waals surface area contributed by atoms with Gasteiger partial charge < -0.3 is 19.9 Å². The molecule has 0 saturated carbocycles. The van der Waals surface area contributed by atoms with Crippen LogP contribution in [-0.4, -0.2) is 27.9 Å². The molecule has 0 saturated heterocycles. The summed E-state index contributed by atoms with van der Waals surface area (Å²) in [6.07, 6.45) is 2.75. The van der Waals surface area contributed by atoms with Gasteiger partial charge in [0, 0.05) is 24.8 Å². The second kappa shape index (κ2) is 5.40. The lowest BCUT2D eigenvalue weighted by Gasteiger charge is -2.29. The number of hydrogen-bond donors (Lipinski definition) is 1. The molecule has 0 amide bonds. The maximum absolute atomic E-state index is 5.95. The number of fused-ring (bicyclic) bond motifs is 1. The summed E-state index contributed by atoms with van der Waals surface area (Å²) in [5.74, 6) is 1.75. The predicted octanol–water partition coefficient (Wildman–Crippen LogP) is 1.67. The fraction of sp³-hybridized carbons (Fsp3) is 0.429. The molecular formula is C14H19N5O. The van der Waals surface area contributed by atoms with Gasteiger partial charge in [0.1, 0.15) is 12.1 Å². The van der Waals surface area contributed by atoms with Gasteiger partial charge in [0.2, 0.25) is 0 Å². The monoisotopic (exact) mass is 273 g/mol. The van der Waals surface area contributed by atoms with Gasteiger partial charge in [-0.2, -0.15) is 0 Å². The Kier molecular flexibility index (Phi) is 3.45. The molecule has 0 bridgehead atoms. The molecule has 0 fully saturated rings. The molecule has 2 aromatic rings. The van der Waals surface area contributed by atoms with Gasteiger partial charge in [0.15, 0.2) is 5.82 Å². The number of ether oxygens (including phenoxy) is 1. The summed E-state index contributed by atoms with van der Waals surface area (Å²) in [5.41, 5.74) is 7.74.